The number of hydrogen-bond donors (Lipinski definition) is 2. The molecule has 1 aromatic heterocycles. The Hall–Kier alpha value is -2.25. The number of amidine groups is 1. The third kappa shape index (κ3) is 1.41. The first-order valence-electron chi connectivity index (χ1n) is 4.63. The third-order valence-corrected chi connectivity index (χ3v) is 2.45. The molecule has 0 bridgehead atoms. The highest BCUT2D eigenvalue weighted by atomic mass is 19.2. The number of furan rings is 1. The van der Waals surface area contributed by atoms with Gasteiger partial charge in [-0.3, -0.25) is 0 Å². The fourth-order valence-corrected chi connectivity index (χ4v) is 1.67. The Morgan fingerprint density at radius 2 is 1.67 bits per heavy atom. The predicted molar refractivity (Wildman–Crippen MR) is 53.3 cm³/mol. The van der Waals surface area contributed by atoms with Crippen molar-refractivity contribution >= 4 is 16.8 Å². The van der Waals surface area contributed by atoms with Crippen molar-refractivity contribution in [2.75, 3.05) is 0 Å². The van der Waals surface area contributed by atoms with Crippen LogP contribution >= 0.6 is 0 Å². The molecule has 0 aliphatic rings. The van der Waals surface area contributed by atoms with E-state index in [9.17, 15) is 17.6 Å². The molecule has 1 aromatic carbocycles. The molecule has 0 atom stereocenters. The highest BCUT2D eigenvalue weighted by Gasteiger charge is 2.28. The van der Waals surface area contributed by atoms with Crippen LogP contribution in [0, 0.1) is 30.2 Å². The first-order valence-corrected chi connectivity index (χ1v) is 4.63. The molecule has 2 rings (SSSR count). The summed E-state index contributed by atoms with van der Waals surface area (Å²) in [5.74, 6) is -8.06. The molecular formula is C10H6F4N2O2. The molecule has 0 aliphatic carbocycles. The summed E-state index contributed by atoms with van der Waals surface area (Å²) in [5, 5.41) is 10.4. The molecule has 0 saturated carbocycles. The molecule has 0 radical (unpaired) electrons. The van der Waals surface area contributed by atoms with Gasteiger partial charge in [0, 0.05) is 0 Å². The Labute approximate surface area is 97.3 Å². The number of halogens is 4. The maximum absolute atomic E-state index is 13.6. The van der Waals surface area contributed by atoms with Gasteiger partial charge in [0.1, 0.15) is 5.76 Å². The second kappa shape index (κ2) is 3.90. The fourth-order valence-electron chi connectivity index (χ4n) is 1.67. The Balaban J connectivity index is 3.04. The molecule has 8 heteroatoms. The zero-order chi connectivity index (χ0) is 13.6. The summed E-state index contributed by atoms with van der Waals surface area (Å²) in [6.07, 6.45) is 0. The Kier molecular flexibility index (Phi) is 2.64. The first-order chi connectivity index (χ1) is 8.40. The lowest BCUT2D eigenvalue weighted by molar-refractivity contribution is 0.318. The van der Waals surface area contributed by atoms with Gasteiger partial charge in [-0.15, -0.1) is 0 Å². The van der Waals surface area contributed by atoms with Crippen molar-refractivity contribution in [3.63, 3.8) is 0 Å². The lowest BCUT2D eigenvalue weighted by Crippen LogP contribution is -2.14. The van der Waals surface area contributed by atoms with Gasteiger partial charge in [0.2, 0.25) is 11.6 Å². The van der Waals surface area contributed by atoms with E-state index in [0.29, 0.717) is 0 Å². The van der Waals surface area contributed by atoms with Gasteiger partial charge in [0.05, 0.1) is 10.9 Å². The van der Waals surface area contributed by atoms with E-state index in [2.05, 4.69) is 5.16 Å². The summed E-state index contributed by atoms with van der Waals surface area (Å²) in [4.78, 5) is 0. The number of nitrogens with two attached hydrogens (primary N) is 1. The topological polar surface area (TPSA) is 71.8 Å². The molecule has 0 spiro atoms. The largest absolute Gasteiger partial charge is 0.457 e. The van der Waals surface area contributed by atoms with E-state index in [4.69, 9.17) is 15.4 Å². The highest BCUT2D eigenvalue weighted by Crippen LogP contribution is 2.33. The average Bonchev–Trinajstić information content (AvgIpc) is 2.70. The summed E-state index contributed by atoms with van der Waals surface area (Å²) in [5.41, 5.74) is 4.09. The lowest BCUT2D eigenvalue weighted by atomic mass is 10.1. The maximum atomic E-state index is 13.6. The molecule has 0 aliphatic heterocycles. The van der Waals surface area contributed by atoms with Crippen molar-refractivity contribution in [3.8, 4) is 0 Å². The number of benzene rings is 1. The van der Waals surface area contributed by atoms with Gasteiger partial charge in [-0.25, -0.2) is 13.2 Å². The molecule has 0 fully saturated rings. The van der Waals surface area contributed by atoms with E-state index in [1.807, 2.05) is 0 Å². The normalized spacial score (nSPS) is 12.4. The summed E-state index contributed by atoms with van der Waals surface area (Å²) in [6, 6.07) is 0. The van der Waals surface area contributed by atoms with E-state index in [1.165, 1.54) is 6.92 Å². The van der Waals surface area contributed by atoms with Crippen molar-refractivity contribution in [1.29, 1.82) is 0 Å². The van der Waals surface area contributed by atoms with Crippen LogP contribution in [0.5, 0.6) is 0 Å². The van der Waals surface area contributed by atoms with Gasteiger partial charge >= 0.3 is 0 Å². The predicted octanol–water partition coefficient (Wildman–Crippen LogP) is 2.39. The maximum Gasteiger partial charge on any atom is 0.205 e. The molecule has 0 saturated heterocycles. The summed E-state index contributed by atoms with van der Waals surface area (Å²) >= 11 is 0. The molecule has 4 nitrogen and oxygen atoms in total. The van der Waals surface area contributed by atoms with Crippen LogP contribution in [0.4, 0.5) is 17.6 Å². The smallest absolute Gasteiger partial charge is 0.205 e. The number of fused-ring (bicyclic) bond motifs is 1. The molecule has 0 unspecified atom stereocenters. The van der Waals surface area contributed by atoms with Crippen LogP contribution in [0.1, 0.15) is 11.3 Å². The van der Waals surface area contributed by atoms with Crippen LogP contribution in [0.25, 0.3) is 11.0 Å². The highest BCUT2D eigenvalue weighted by molar-refractivity contribution is 6.09. The SMILES string of the molecule is Cc1oc2c(F)c(F)c(F)c(F)c2c1C(N)=NO. The van der Waals surface area contributed by atoms with E-state index in [0.717, 1.165) is 0 Å². The second-order valence-corrected chi connectivity index (χ2v) is 3.48. The van der Waals surface area contributed by atoms with Crippen LogP contribution in [0.3, 0.4) is 0 Å². The van der Waals surface area contributed by atoms with E-state index in [1.54, 1.807) is 0 Å². The summed E-state index contributed by atoms with van der Waals surface area (Å²) in [7, 11) is 0. The van der Waals surface area contributed by atoms with Crippen LogP contribution in [0.15, 0.2) is 9.57 Å². The zero-order valence-corrected chi connectivity index (χ0v) is 8.89. The minimum absolute atomic E-state index is 0.136. The third-order valence-electron chi connectivity index (χ3n) is 2.45. The van der Waals surface area contributed by atoms with Gasteiger partial charge in [0.25, 0.3) is 0 Å². The van der Waals surface area contributed by atoms with Gasteiger partial charge < -0.3 is 15.4 Å². The molecule has 18 heavy (non-hydrogen) atoms. The van der Waals surface area contributed by atoms with E-state index < -0.39 is 40.1 Å². The van der Waals surface area contributed by atoms with E-state index in [-0.39, 0.29) is 11.3 Å². The van der Waals surface area contributed by atoms with Crippen LogP contribution < -0.4 is 5.73 Å². The molecule has 0 amide bonds. The second-order valence-electron chi connectivity index (χ2n) is 3.48. The van der Waals surface area contributed by atoms with Crippen molar-refractivity contribution in [1.82, 2.24) is 0 Å². The quantitative estimate of drug-likeness (QED) is 0.158. The zero-order valence-electron chi connectivity index (χ0n) is 8.89. The monoisotopic (exact) mass is 262 g/mol. The van der Waals surface area contributed by atoms with E-state index >= 15 is 0 Å². The average molecular weight is 262 g/mol. The van der Waals surface area contributed by atoms with Crippen molar-refractivity contribution in [3.05, 3.63) is 34.6 Å². The fraction of sp³-hybridized carbons (Fsp3) is 0.100. The number of nitrogens with zero attached hydrogens (tertiary/aromatic N) is 1. The van der Waals surface area contributed by atoms with Crippen LogP contribution in [-0.2, 0) is 0 Å². The number of aryl methyl sites for hydroxylation is 1. The minimum atomic E-state index is -1.99. The van der Waals surface area contributed by atoms with Crippen LogP contribution in [-0.4, -0.2) is 11.0 Å². The van der Waals surface area contributed by atoms with Gasteiger partial charge in [-0.1, -0.05) is 5.16 Å². The van der Waals surface area contributed by atoms with Gasteiger partial charge in [-0.2, -0.15) is 4.39 Å². The lowest BCUT2D eigenvalue weighted by Gasteiger charge is -2.01. The summed E-state index contributed by atoms with van der Waals surface area (Å²) in [6.45, 7) is 1.25. The van der Waals surface area contributed by atoms with Gasteiger partial charge in [-0.05, 0) is 6.92 Å². The number of oxime groups is 1. The van der Waals surface area contributed by atoms with Crippen molar-refractivity contribution in [2.24, 2.45) is 10.9 Å². The standard InChI is InChI=1S/C10H6F4N2O2/c1-2-3(10(15)16-17)4-5(11)6(12)7(13)8(14)9(4)18-2/h17H,1H3,(H2,15,16). The molecule has 96 valence electrons. The molecular weight excluding hydrogens is 256 g/mol. The Bertz CT molecular complexity index is 679. The van der Waals surface area contributed by atoms with Crippen molar-refractivity contribution < 1.29 is 27.2 Å². The van der Waals surface area contributed by atoms with Gasteiger partial charge in [0.15, 0.2) is 23.1 Å². The Morgan fingerprint density at radius 3 is 2.22 bits per heavy atom. The molecule has 3 N–H and O–H groups in total. The number of hydrogen-bond acceptors (Lipinski definition) is 3. The first kappa shape index (κ1) is 12.2. The summed E-state index contributed by atoms with van der Waals surface area (Å²) < 4.78 is 57.8. The Morgan fingerprint density at radius 1 is 1.11 bits per heavy atom. The number of rotatable bonds is 1. The molecule has 1 heterocycles. The van der Waals surface area contributed by atoms with Crippen molar-refractivity contribution in [2.45, 2.75) is 6.92 Å². The van der Waals surface area contributed by atoms with Crippen LogP contribution in [0.2, 0.25) is 0 Å². The minimum Gasteiger partial charge on any atom is -0.457 e. The molecule has 2 aromatic rings.